The van der Waals surface area contributed by atoms with Crippen LogP contribution in [0.2, 0.25) is 0 Å². The molecule has 0 amide bonds. The van der Waals surface area contributed by atoms with Gasteiger partial charge in [0.1, 0.15) is 0 Å². The molecule has 0 aliphatic heterocycles. The van der Waals surface area contributed by atoms with Crippen molar-refractivity contribution in [2.24, 2.45) is 0 Å². The first kappa shape index (κ1) is 32.2. The fourth-order valence-electron chi connectivity index (χ4n) is 10.1. The number of benzene rings is 10. The number of nitrogens with zero attached hydrogens (tertiary/aromatic N) is 2. The zero-order chi connectivity index (χ0) is 38.5. The van der Waals surface area contributed by atoms with Gasteiger partial charge in [-0.3, -0.25) is 0 Å². The molecule has 0 aromatic heterocycles. The van der Waals surface area contributed by atoms with Crippen LogP contribution in [0.5, 0.6) is 0 Å². The molecule has 264 valence electrons. The van der Waals surface area contributed by atoms with Crippen molar-refractivity contribution in [3.05, 3.63) is 199 Å². The SMILES string of the molecule is [C-]#[N+]c1ccc(C#N)c(-c2cccc(-c3ccc4c5c(-c6ccccc6)c6cc7c8ccccc8c8cccc(c6c(-c6ccccc6)c5c5cccc3c45)c87)c2)c1. The topological polar surface area (TPSA) is 28.1 Å². The Hall–Kier alpha value is -8.04. The maximum absolute atomic E-state index is 10.0. The van der Waals surface area contributed by atoms with Gasteiger partial charge in [-0.05, 0) is 138 Å². The van der Waals surface area contributed by atoms with Gasteiger partial charge in [-0.1, -0.05) is 164 Å². The summed E-state index contributed by atoms with van der Waals surface area (Å²) in [4.78, 5) is 3.66. The summed E-state index contributed by atoms with van der Waals surface area (Å²) in [6, 6.07) is 67.6. The predicted octanol–water partition coefficient (Wildman–Crippen LogP) is 15.7. The van der Waals surface area contributed by atoms with Gasteiger partial charge >= 0.3 is 0 Å². The van der Waals surface area contributed by atoms with Crippen LogP contribution in [0.1, 0.15) is 5.56 Å². The summed E-state index contributed by atoms with van der Waals surface area (Å²) < 4.78 is 0. The van der Waals surface area contributed by atoms with E-state index in [4.69, 9.17) is 6.57 Å². The summed E-state index contributed by atoms with van der Waals surface area (Å²) >= 11 is 0. The lowest BCUT2D eigenvalue weighted by atomic mass is 9.84. The molecule has 0 fully saturated rings. The molecular weight excluding hydrogens is 701 g/mol. The van der Waals surface area contributed by atoms with Crippen molar-refractivity contribution in [3.8, 4) is 50.6 Å². The second kappa shape index (κ2) is 12.2. The molecule has 0 aliphatic rings. The van der Waals surface area contributed by atoms with E-state index in [1.807, 2.05) is 12.1 Å². The molecule has 2 heteroatoms. The number of hydrogen-bond donors (Lipinski definition) is 0. The van der Waals surface area contributed by atoms with E-state index < -0.39 is 0 Å². The van der Waals surface area contributed by atoms with Crippen molar-refractivity contribution in [2.45, 2.75) is 0 Å². The molecule has 0 saturated carbocycles. The Balaban J connectivity index is 1.27. The normalized spacial score (nSPS) is 11.8. The average Bonchev–Trinajstić information content (AvgIpc) is 3.80. The lowest BCUT2D eigenvalue weighted by molar-refractivity contribution is 1.48. The molecule has 0 radical (unpaired) electrons. The van der Waals surface area contributed by atoms with Gasteiger partial charge in [-0.15, -0.1) is 0 Å². The van der Waals surface area contributed by atoms with Crippen LogP contribution < -0.4 is 0 Å². The van der Waals surface area contributed by atoms with E-state index >= 15 is 0 Å². The minimum absolute atomic E-state index is 0.518. The summed E-state index contributed by atoms with van der Waals surface area (Å²) in [6.45, 7) is 7.62. The minimum atomic E-state index is 0.518. The average molecular weight is 731 g/mol. The Morgan fingerprint density at radius 3 is 1.60 bits per heavy atom. The smallest absolute Gasteiger partial charge is 0.187 e. The van der Waals surface area contributed by atoms with Crippen molar-refractivity contribution in [3.63, 3.8) is 0 Å². The van der Waals surface area contributed by atoms with Gasteiger partial charge in [0.15, 0.2) is 5.69 Å². The molecule has 0 aliphatic carbocycles. The Kier molecular flexibility index (Phi) is 6.80. The molecule has 0 N–H and O–H groups in total. The molecule has 0 unspecified atom stereocenters. The van der Waals surface area contributed by atoms with E-state index in [1.165, 1.54) is 97.7 Å². The molecule has 0 heterocycles. The van der Waals surface area contributed by atoms with Crippen LogP contribution in [0.3, 0.4) is 0 Å². The second-order valence-electron chi connectivity index (χ2n) is 15.3. The Labute approximate surface area is 334 Å². The number of nitriles is 1. The van der Waals surface area contributed by atoms with Crippen LogP contribution in [0, 0.1) is 17.9 Å². The van der Waals surface area contributed by atoms with E-state index in [-0.39, 0.29) is 0 Å². The van der Waals surface area contributed by atoms with Crippen LogP contribution in [0.25, 0.3) is 125 Å². The standard InChI is InChI=1S/C56H30N2/c1-58-38-26-25-37(32-57)47(30-38)36-18-10-17-35(29-36)39-27-28-46-52-42(39)21-11-24-45(52)56-51(34-15-6-3-7-16-34)54-44-23-12-22-43-40-19-8-9-20-41(40)48(53(43)44)31-49(54)50(55(46)56)33-13-4-2-5-14-33/h2-31H. The molecule has 12 aromatic carbocycles. The van der Waals surface area contributed by atoms with Crippen LogP contribution in [0.15, 0.2) is 182 Å². The third-order valence-corrected chi connectivity index (χ3v) is 12.4. The first-order chi connectivity index (χ1) is 28.7. The highest BCUT2D eigenvalue weighted by molar-refractivity contribution is 6.45. The van der Waals surface area contributed by atoms with Crippen LogP contribution in [0.4, 0.5) is 5.69 Å². The molecule has 0 atom stereocenters. The maximum atomic E-state index is 10.0. The summed E-state index contributed by atoms with van der Waals surface area (Å²) in [5.41, 5.74) is 9.88. The van der Waals surface area contributed by atoms with Crippen molar-refractivity contribution >= 4 is 81.1 Å². The zero-order valence-corrected chi connectivity index (χ0v) is 31.2. The van der Waals surface area contributed by atoms with E-state index in [9.17, 15) is 5.26 Å². The van der Waals surface area contributed by atoms with Crippen LogP contribution in [-0.2, 0) is 0 Å². The summed E-state index contributed by atoms with van der Waals surface area (Å²) in [6.07, 6.45) is 0. The molecule has 0 spiro atoms. The van der Waals surface area contributed by atoms with Gasteiger partial charge in [0.25, 0.3) is 0 Å². The maximum Gasteiger partial charge on any atom is 0.187 e. The fourth-order valence-corrected chi connectivity index (χ4v) is 10.1. The van der Waals surface area contributed by atoms with Crippen molar-refractivity contribution in [1.29, 1.82) is 5.26 Å². The van der Waals surface area contributed by atoms with Crippen molar-refractivity contribution < 1.29 is 0 Å². The van der Waals surface area contributed by atoms with Crippen LogP contribution >= 0.6 is 0 Å². The summed E-state index contributed by atoms with van der Waals surface area (Å²) in [5, 5.41) is 27.8. The summed E-state index contributed by atoms with van der Waals surface area (Å²) in [5.74, 6) is 0. The highest BCUT2D eigenvalue weighted by atomic mass is 14.6. The molecule has 2 nitrogen and oxygen atoms in total. The van der Waals surface area contributed by atoms with E-state index in [2.05, 4.69) is 169 Å². The largest absolute Gasteiger partial charge is 0.238 e. The van der Waals surface area contributed by atoms with Crippen molar-refractivity contribution in [2.75, 3.05) is 0 Å². The monoisotopic (exact) mass is 730 g/mol. The molecule has 12 rings (SSSR count). The number of fused-ring (bicyclic) bond motifs is 8. The Morgan fingerprint density at radius 1 is 0.345 bits per heavy atom. The number of rotatable bonds is 4. The van der Waals surface area contributed by atoms with Gasteiger partial charge in [-0.2, -0.15) is 5.26 Å². The zero-order valence-electron chi connectivity index (χ0n) is 31.2. The highest BCUT2D eigenvalue weighted by Gasteiger charge is 2.27. The van der Waals surface area contributed by atoms with E-state index in [0.717, 1.165) is 22.3 Å². The van der Waals surface area contributed by atoms with E-state index in [1.54, 1.807) is 12.1 Å². The first-order valence-corrected chi connectivity index (χ1v) is 19.6. The fraction of sp³-hybridized carbons (Fsp3) is 0. The van der Waals surface area contributed by atoms with Gasteiger partial charge in [0.2, 0.25) is 0 Å². The molecule has 12 aromatic rings. The highest BCUT2D eigenvalue weighted by Crippen LogP contribution is 2.55. The van der Waals surface area contributed by atoms with E-state index in [0.29, 0.717) is 11.3 Å². The van der Waals surface area contributed by atoms with Gasteiger partial charge in [-0.25, -0.2) is 4.85 Å². The lowest BCUT2D eigenvalue weighted by Gasteiger charge is -2.19. The first-order valence-electron chi connectivity index (χ1n) is 19.6. The lowest BCUT2D eigenvalue weighted by Crippen LogP contribution is -1.91. The Morgan fingerprint density at radius 2 is 0.879 bits per heavy atom. The third kappa shape index (κ3) is 4.40. The quantitative estimate of drug-likeness (QED) is 0.131. The second-order valence-corrected chi connectivity index (χ2v) is 15.3. The van der Waals surface area contributed by atoms with Gasteiger partial charge in [0, 0.05) is 0 Å². The molecular formula is C56H30N2. The Bertz CT molecular complexity index is 3740. The summed E-state index contributed by atoms with van der Waals surface area (Å²) in [7, 11) is 0. The van der Waals surface area contributed by atoms with Crippen LogP contribution in [-0.4, -0.2) is 0 Å². The van der Waals surface area contributed by atoms with Gasteiger partial charge in [0.05, 0.1) is 18.2 Å². The molecule has 0 bridgehead atoms. The molecule has 58 heavy (non-hydrogen) atoms. The predicted molar refractivity (Wildman–Crippen MR) is 244 cm³/mol. The number of hydrogen-bond acceptors (Lipinski definition) is 1. The minimum Gasteiger partial charge on any atom is -0.238 e. The van der Waals surface area contributed by atoms with Crippen molar-refractivity contribution in [1.82, 2.24) is 0 Å². The molecule has 0 saturated heterocycles. The third-order valence-electron chi connectivity index (χ3n) is 12.4. The van der Waals surface area contributed by atoms with Gasteiger partial charge < -0.3 is 0 Å².